The van der Waals surface area contributed by atoms with Gasteiger partial charge in [-0.3, -0.25) is 4.79 Å². The molecule has 0 radical (unpaired) electrons. The summed E-state index contributed by atoms with van der Waals surface area (Å²) in [4.78, 5) is 18.3. The van der Waals surface area contributed by atoms with E-state index in [4.69, 9.17) is 0 Å². The van der Waals surface area contributed by atoms with Crippen molar-refractivity contribution < 1.29 is 4.79 Å². The number of carbonyl (C=O) groups excluding carboxylic acids is 1. The van der Waals surface area contributed by atoms with Gasteiger partial charge in [0.05, 0.1) is 18.2 Å². The standard InChI is InChI=1S/C13H16N4OS/c18-13(16-4-2-14-3-5-16)8-17-10-15-7-12(17)11-1-6-19-9-11/h1,6-7,9-10,14H,2-5,8H2. The molecule has 19 heavy (non-hydrogen) atoms. The number of rotatable bonds is 3. The van der Waals surface area contributed by atoms with Gasteiger partial charge < -0.3 is 14.8 Å². The zero-order valence-corrected chi connectivity index (χ0v) is 11.4. The summed E-state index contributed by atoms with van der Waals surface area (Å²) in [6, 6.07) is 2.05. The summed E-state index contributed by atoms with van der Waals surface area (Å²) >= 11 is 1.65. The molecule has 0 spiro atoms. The number of imidazole rings is 1. The van der Waals surface area contributed by atoms with Gasteiger partial charge >= 0.3 is 0 Å². The molecule has 3 rings (SSSR count). The summed E-state index contributed by atoms with van der Waals surface area (Å²) in [5.74, 6) is 0.163. The molecule has 0 bridgehead atoms. The van der Waals surface area contributed by atoms with Gasteiger partial charge in [0.2, 0.25) is 5.91 Å². The first-order chi connectivity index (χ1) is 9.34. The number of hydrogen-bond donors (Lipinski definition) is 1. The second-order valence-corrected chi connectivity index (χ2v) is 5.33. The lowest BCUT2D eigenvalue weighted by Gasteiger charge is -2.27. The zero-order chi connectivity index (χ0) is 13.1. The average Bonchev–Trinajstić information content (AvgIpc) is 3.10. The Labute approximate surface area is 115 Å². The molecule has 2 aromatic heterocycles. The minimum absolute atomic E-state index is 0.163. The highest BCUT2D eigenvalue weighted by atomic mass is 32.1. The number of nitrogens with one attached hydrogen (secondary N) is 1. The third kappa shape index (κ3) is 2.69. The lowest BCUT2D eigenvalue weighted by Crippen LogP contribution is -2.47. The molecule has 1 saturated heterocycles. The van der Waals surface area contributed by atoms with Crippen molar-refractivity contribution in [1.29, 1.82) is 0 Å². The number of amides is 1. The summed E-state index contributed by atoms with van der Waals surface area (Å²) in [7, 11) is 0. The van der Waals surface area contributed by atoms with Crippen LogP contribution < -0.4 is 5.32 Å². The van der Waals surface area contributed by atoms with Gasteiger partial charge in [-0.1, -0.05) is 0 Å². The third-order valence-corrected chi connectivity index (χ3v) is 3.99. The van der Waals surface area contributed by atoms with Crippen molar-refractivity contribution in [2.45, 2.75) is 6.54 Å². The zero-order valence-electron chi connectivity index (χ0n) is 10.6. The van der Waals surface area contributed by atoms with E-state index >= 15 is 0 Å². The SMILES string of the molecule is O=C(Cn1cncc1-c1ccsc1)N1CCNCC1. The molecule has 0 aromatic carbocycles. The molecule has 1 aliphatic heterocycles. The average molecular weight is 276 g/mol. The van der Waals surface area contributed by atoms with Gasteiger partial charge in [0.15, 0.2) is 0 Å². The molecule has 1 fully saturated rings. The minimum atomic E-state index is 0.163. The van der Waals surface area contributed by atoms with Crippen molar-refractivity contribution in [3.8, 4) is 11.3 Å². The largest absolute Gasteiger partial charge is 0.339 e. The van der Waals surface area contributed by atoms with Crippen LogP contribution in [0.15, 0.2) is 29.4 Å². The Morgan fingerprint density at radius 1 is 1.42 bits per heavy atom. The number of piperazine rings is 1. The maximum absolute atomic E-state index is 12.2. The van der Waals surface area contributed by atoms with Crippen LogP contribution in [0.1, 0.15) is 0 Å². The molecule has 100 valence electrons. The third-order valence-electron chi connectivity index (χ3n) is 3.30. The second-order valence-electron chi connectivity index (χ2n) is 4.55. The molecule has 1 aliphatic rings. The van der Waals surface area contributed by atoms with Crippen LogP contribution in [0.25, 0.3) is 11.3 Å². The first kappa shape index (κ1) is 12.4. The van der Waals surface area contributed by atoms with Crippen LogP contribution in [-0.4, -0.2) is 46.5 Å². The van der Waals surface area contributed by atoms with Crippen molar-refractivity contribution in [2.24, 2.45) is 0 Å². The Bertz CT molecular complexity index is 543. The lowest BCUT2D eigenvalue weighted by atomic mass is 10.2. The van der Waals surface area contributed by atoms with Crippen molar-refractivity contribution in [1.82, 2.24) is 19.8 Å². The first-order valence-electron chi connectivity index (χ1n) is 6.36. The van der Waals surface area contributed by atoms with Gasteiger partial charge in [-0.15, -0.1) is 0 Å². The number of carbonyl (C=O) groups is 1. The van der Waals surface area contributed by atoms with Crippen LogP contribution >= 0.6 is 11.3 Å². The van der Waals surface area contributed by atoms with Crippen molar-refractivity contribution in [3.63, 3.8) is 0 Å². The molecule has 0 unspecified atom stereocenters. The molecule has 1 amide bonds. The fraction of sp³-hybridized carbons (Fsp3) is 0.385. The Morgan fingerprint density at radius 2 is 2.26 bits per heavy atom. The Hall–Kier alpha value is -1.66. The molecule has 0 aliphatic carbocycles. The van der Waals surface area contributed by atoms with E-state index in [1.54, 1.807) is 17.7 Å². The van der Waals surface area contributed by atoms with Gasteiger partial charge in [0, 0.05) is 37.1 Å². The quantitative estimate of drug-likeness (QED) is 0.911. The van der Waals surface area contributed by atoms with E-state index in [-0.39, 0.29) is 5.91 Å². The molecule has 5 nitrogen and oxygen atoms in total. The Balaban J connectivity index is 1.73. The van der Waals surface area contributed by atoms with Gasteiger partial charge in [0.1, 0.15) is 6.54 Å². The number of thiophene rings is 1. The summed E-state index contributed by atoms with van der Waals surface area (Å²) in [6.07, 6.45) is 3.54. The van der Waals surface area contributed by atoms with Crippen LogP contribution in [0.2, 0.25) is 0 Å². The molecule has 6 heteroatoms. The predicted molar refractivity (Wildman–Crippen MR) is 75.0 cm³/mol. The molecule has 2 aromatic rings. The first-order valence-corrected chi connectivity index (χ1v) is 7.30. The maximum Gasteiger partial charge on any atom is 0.242 e. The summed E-state index contributed by atoms with van der Waals surface area (Å²) < 4.78 is 1.92. The highest BCUT2D eigenvalue weighted by Gasteiger charge is 2.17. The highest BCUT2D eigenvalue weighted by Crippen LogP contribution is 2.21. The molecule has 1 N–H and O–H groups in total. The van der Waals surface area contributed by atoms with E-state index in [0.717, 1.165) is 37.4 Å². The number of aromatic nitrogens is 2. The minimum Gasteiger partial charge on any atom is -0.339 e. The van der Waals surface area contributed by atoms with Crippen molar-refractivity contribution in [2.75, 3.05) is 26.2 Å². The van der Waals surface area contributed by atoms with E-state index in [9.17, 15) is 4.79 Å². The normalized spacial score (nSPS) is 15.7. The van der Waals surface area contributed by atoms with E-state index in [0.29, 0.717) is 6.54 Å². The molecule has 0 saturated carbocycles. The van der Waals surface area contributed by atoms with Crippen molar-refractivity contribution >= 4 is 17.2 Å². The van der Waals surface area contributed by atoms with Crippen LogP contribution in [0.3, 0.4) is 0 Å². The van der Waals surface area contributed by atoms with Gasteiger partial charge in [0.25, 0.3) is 0 Å². The molecule has 0 atom stereocenters. The van der Waals surface area contributed by atoms with Crippen LogP contribution in [0, 0.1) is 0 Å². The molecular formula is C13H16N4OS. The van der Waals surface area contributed by atoms with Crippen molar-refractivity contribution in [3.05, 3.63) is 29.4 Å². The van der Waals surface area contributed by atoms with E-state index in [1.165, 1.54) is 0 Å². The van der Waals surface area contributed by atoms with Gasteiger partial charge in [-0.25, -0.2) is 4.98 Å². The van der Waals surface area contributed by atoms with Gasteiger partial charge in [-0.2, -0.15) is 11.3 Å². The Kier molecular flexibility index (Phi) is 3.61. The molecule has 3 heterocycles. The fourth-order valence-electron chi connectivity index (χ4n) is 2.26. The van der Waals surface area contributed by atoms with E-state index < -0.39 is 0 Å². The fourth-order valence-corrected chi connectivity index (χ4v) is 2.91. The van der Waals surface area contributed by atoms with E-state index in [2.05, 4.69) is 15.7 Å². The maximum atomic E-state index is 12.2. The monoisotopic (exact) mass is 276 g/mol. The summed E-state index contributed by atoms with van der Waals surface area (Å²) in [5, 5.41) is 7.36. The van der Waals surface area contributed by atoms with Crippen LogP contribution in [0.4, 0.5) is 0 Å². The topological polar surface area (TPSA) is 50.2 Å². The second kappa shape index (κ2) is 5.54. The number of nitrogens with zero attached hydrogens (tertiary/aromatic N) is 3. The number of hydrogen-bond acceptors (Lipinski definition) is 4. The highest BCUT2D eigenvalue weighted by molar-refractivity contribution is 7.08. The smallest absolute Gasteiger partial charge is 0.242 e. The van der Waals surface area contributed by atoms with E-state index in [1.807, 2.05) is 27.1 Å². The lowest BCUT2D eigenvalue weighted by molar-refractivity contribution is -0.132. The van der Waals surface area contributed by atoms with Gasteiger partial charge in [-0.05, 0) is 11.4 Å². The van der Waals surface area contributed by atoms with Crippen LogP contribution in [-0.2, 0) is 11.3 Å². The summed E-state index contributed by atoms with van der Waals surface area (Å²) in [5.41, 5.74) is 2.13. The molecular weight excluding hydrogens is 260 g/mol. The van der Waals surface area contributed by atoms with Crippen LogP contribution in [0.5, 0.6) is 0 Å². The predicted octanol–water partition coefficient (Wildman–Crippen LogP) is 1.04. The Morgan fingerprint density at radius 3 is 3.00 bits per heavy atom. The summed E-state index contributed by atoms with van der Waals surface area (Å²) in [6.45, 7) is 3.72.